The molecule has 3 N–H and O–H groups in total. The van der Waals surface area contributed by atoms with Crippen molar-refractivity contribution in [3.8, 4) is 0 Å². The molecule has 2 atom stereocenters. The van der Waals surface area contributed by atoms with Gasteiger partial charge in [0.15, 0.2) is 0 Å². The Bertz CT molecular complexity index is 505. The zero-order valence-corrected chi connectivity index (χ0v) is 13.9. The summed E-state index contributed by atoms with van der Waals surface area (Å²) in [6.07, 6.45) is 0.844. The highest BCUT2D eigenvalue weighted by molar-refractivity contribution is 8.00. The molecule has 2 unspecified atom stereocenters. The summed E-state index contributed by atoms with van der Waals surface area (Å²) in [6.45, 7) is 6.40. The van der Waals surface area contributed by atoms with E-state index in [2.05, 4.69) is 19.2 Å². The number of nitrogens with two attached hydrogens (primary N) is 1. The minimum absolute atomic E-state index is 0.0209. The summed E-state index contributed by atoms with van der Waals surface area (Å²) in [6, 6.07) is 6.16. The number of nitrogens with one attached hydrogen (secondary N) is 1. The number of nitro benzene ring substituents is 1. The van der Waals surface area contributed by atoms with Crippen LogP contribution in [0.25, 0.3) is 0 Å². The van der Waals surface area contributed by atoms with E-state index in [1.165, 1.54) is 23.9 Å². The molecular formula is C15H23N3O3S. The number of amides is 1. The normalized spacial score (nSPS) is 13.7. The zero-order valence-electron chi connectivity index (χ0n) is 13.1. The van der Waals surface area contributed by atoms with Crippen molar-refractivity contribution in [1.29, 1.82) is 0 Å². The largest absolute Gasteiger partial charge is 0.351 e. The molecule has 0 saturated heterocycles. The summed E-state index contributed by atoms with van der Waals surface area (Å²) < 4.78 is 0. The molecule has 1 rings (SSSR count). The summed E-state index contributed by atoms with van der Waals surface area (Å²) >= 11 is 1.37. The molecule has 0 aliphatic heterocycles. The van der Waals surface area contributed by atoms with E-state index in [0.29, 0.717) is 12.5 Å². The van der Waals surface area contributed by atoms with Crippen LogP contribution >= 0.6 is 11.8 Å². The van der Waals surface area contributed by atoms with Crippen molar-refractivity contribution in [3.63, 3.8) is 0 Å². The molecular weight excluding hydrogens is 302 g/mol. The smallest absolute Gasteiger partial charge is 0.269 e. The second-order valence-corrected chi connectivity index (χ2v) is 7.00. The van der Waals surface area contributed by atoms with Crippen molar-refractivity contribution in [2.45, 2.75) is 43.4 Å². The number of nitrogens with zero attached hydrogens (tertiary/aromatic N) is 1. The lowest BCUT2D eigenvalue weighted by atomic mass is 10.0. The van der Waals surface area contributed by atoms with Gasteiger partial charge in [0.1, 0.15) is 0 Å². The molecule has 0 spiro atoms. The molecule has 0 fully saturated rings. The Labute approximate surface area is 135 Å². The zero-order chi connectivity index (χ0) is 16.7. The van der Waals surface area contributed by atoms with Gasteiger partial charge in [-0.25, -0.2) is 0 Å². The van der Waals surface area contributed by atoms with Gasteiger partial charge in [0.25, 0.3) is 5.69 Å². The average Bonchev–Trinajstić information content (AvgIpc) is 2.46. The Balaban J connectivity index is 2.57. The van der Waals surface area contributed by atoms with Crippen LogP contribution in [0, 0.1) is 16.0 Å². The topological polar surface area (TPSA) is 98.3 Å². The highest BCUT2D eigenvalue weighted by atomic mass is 32.2. The van der Waals surface area contributed by atoms with Crippen LogP contribution in [0.5, 0.6) is 0 Å². The van der Waals surface area contributed by atoms with Crippen LogP contribution < -0.4 is 11.1 Å². The quantitative estimate of drug-likeness (QED) is 0.435. The third-order valence-corrected chi connectivity index (χ3v) is 4.23. The van der Waals surface area contributed by atoms with E-state index >= 15 is 0 Å². The molecule has 0 saturated carbocycles. The Morgan fingerprint density at radius 2 is 1.91 bits per heavy atom. The highest BCUT2D eigenvalue weighted by Gasteiger charge is 2.19. The van der Waals surface area contributed by atoms with E-state index < -0.39 is 4.92 Å². The van der Waals surface area contributed by atoms with Gasteiger partial charge in [-0.05, 0) is 31.4 Å². The summed E-state index contributed by atoms with van der Waals surface area (Å²) in [5.74, 6) is 0.394. The number of thioether (sulfide) groups is 1. The maximum atomic E-state index is 12.2. The number of benzene rings is 1. The molecule has 22 heavy (non-hydrogen) atoms. The number of nitro groups is 1. The number of non-ortho nitro benzene ring substituents is 1. The maximum Gasteiger partial charge on any atom is 0.269 e. The van der Waals surface area contributed by atoms with E-state index in [1.807, 2.05) is 6.92 Å². The van der Waals surface area contributed by atoms with E-state index in [9.17, 15) is 14.9 Å². The monoisotopic (exact) mass is 325 g/mol. The molecule has 0 aromatic heterocycles. The van der Waals surface area contributed by atoms with Gasteiger partial charge in [0.05, 0.1) is 10.2 Å². The number of carbonyl (C=O) groups is 1. The van der Waals surface area contributed by atoms with Crippen molar-refractivity contribution in [3.05, 3.63) is 34.4 Å². The fraction of sp³-hybridized carbons (Fsp3) is 0.533. The molecule has 1 amide bonds. The lowest BCUT2D eigenvalue weighted by molar-refractivity contribution is -0.384. The SMILES string of the molecule is CC(C)CC(CN)NC(=O)C(C)Sc1ccc([N+](=O)[O-])cc1. The number of hydrogen-bond acceptors (Lipinski definition) is 5. The van der Waals surface area contributed by atoms with Gasteiger partial charge in [-0.2, -0.15) is 0 Å². The van der Waals surface area contributed by atoms with Crippen molar-refractivity contribution < 1.29 is 9.72 Å². The highest BCUT2D eigenvalue weighted by Crippen LogP contribution is 2.25. The molecule has 0 aliphatic rings. The first kappa shape index (κ1) is 18.4. The fourth-order valence-corrected chi connectivity index (χ4v) is 2.88. The number of rotatable bonds is 8. The second-order valence-electron chi connectivity index (χ2n) is 5.58. The molecule has 6 nitrogen and oxygen atoms in total. The lowest BCUT2D eigenvalue weighted by Gasteiger charge is -2.21. The fourth-order valence-electron chi connectivity index (χ4n) is 2.01. The minimum Gasteiger partial charge on any atom is -0.351 e. The van der Waals surface area contributed by atoms with Crippen LogP contribution in [0.15, 0.2) is 29.2 Å². The molecule has 0 heterocycles. The first-order chi connectivity index (χ1) is 10.3. The van der Waals surface area contributed by atoms with Gasteiger partial charge in [-0.15, -0.1) is 11.8 Å². The molecule has 0 radical (unpaired) electrons. The maximum absolute atomic E-state index is 12.2. The van der Waals surface area contributed by atoms with Crippen LogP contribution in [0.3, 0.4) is 0 Å². The van der Waals surface area contributed by atoms with Crippen molar-refractivity contribution in [2.75, 3.05) is 6.54 Å². The van der Waals surface area contributed by atoms with Gasteiger partial charge in [-0.3, -0.25) is 14.9 Å². The standard InChI is InChI=1S/C15H23N3O3S/c1-10(2)8-12(9-16)17-15(19)11(3)22-14-6-4-13(5-7-14)18(20)21/h4-7,10-12H,8-9,16H2,1-3H3,(H,17,19). The van der Waals surface area contributed by atoms with Gasteiger partial charge in [0.2, 0.25) is 5.91 Å². The average molecular weight is 325 g/mol. The number of carbonyl (C=O) groups excluding carboxylic acids is 1. The van der Waals surface area contributed by atoms with Crippen molar-refractivity contribution >= 4 is 23.4 Å². The van der Waals surface area contributed by atoms with E-state index in [-0.39, 0.29) is 22.9 Å². The molecule has 122 valence electrons. The molecule has 1 aromatic rings. The third kappa shape index (κ3) is 6.03. The molecule has 7 heteroatoms. The predicted octanol–water partition coefficient (Wildman–Crippen LogP) is 2.57. The van der Waals surface area contributed by atoms with E-state index in [1.54, 1.807) is 12.1 Å². The van der Waals surface area contributed by atoms with E-state index in [4.69, 9.17) is 5.73 Å². The molecule has 1 aromatic carbocycles. The predicted molar refractivity (Wildman–Crippen MR) is 88.9 cm³/mol. The van der Waals surface area contributed by atoms with Gasteiger partial charge < -0.3 is 11.1 Å². The summed E-state index contributed by atoms with van der Waals surface area (Å²) in [5.41, 5.74) is 5.72. The van der Waals surface area contributed by atoms with Gasteiger partial charge in [0, 0.05) is 29.6 Å². The number of hydrogen-bond donors (Lipinski definition) is 2. The Kier molecular flexibility index (Phi) is 7.34. The van der Waals surface area contributed by atoms with Crippen LogP contribution in [0.1, 0.15) is 27.2 Å². The van der Waals surface area contributed by atoms with Gasteiger partial charge >= 0.3 is 0 Å². The lowest BCUT2D eigenvalue weighted by Crippen LogP contribution is -2.44. The van der Waals surface area contributed by atoms with Crippen LogP contribution in [-0.2, 0) is 4.79 Å². The Hall–Kier alpha value is -1.60. The molecule has 0 aliphatic carbocycles. The Morgan fingerprint density at radius 3 is 2.36 bits per heavy atom. The molecule has 0 bridgehead atoms. The van der Waals surface area contributed by atoms with Crippen LogP contribution in [0.2, 0.25) is 0 Å². The van der Waals surface area contributed by atoms with Crippen molar-refractivity contribution in [1.82, 2.24) is 5.32 Å². The van der Waals surface area contributed by atoms with Gasteiger partial charge in [-0.1, -0.05) is 13.8 Å². The summed E-state index contributed by atoms with van der Waals surface area (Å²) in [4.78, 5) is 23.2. The summed E-state index contributed by atoms with van der Waals surface area (Å²) in [5, 5.41) is 13.3. The minimum atomic E-state index is -0.442. The van der Waals surface area contributed by atoms with E-state index in [0.717, 1.165) is 11.3 Å². The first-order valence-corrected chi connectivity index (χ1v) is 8.13. The van der Waals surface area contributed by atoms with Crippen LogP contribution in [-0.4, -0.2) is 28.7 Å². The first-order valence-electron chi connectivity index (χ1n) is 7.25. The third-order valence-electron chi connectivity index (χ3n) is 3.12. The second kappa shape index (κ2) is 8.75. The summed E-state index contributed by atoms with van der Waals surface area (Å²) in [7, 11) is 0. The van der Waals surface area contributed by atoms with Crippen molar-refractivity contribution in [2.24, 2.45) is 11.7 Å². The Morgan fingerprint density at radius 1 is 1.32 bits per heavy atom. The van der Waals surface area contributed by atoms with Crippen LogP contribution in [0.4, 0.5) is 5.69 Å².